The first-order valence-corrected chi connectivity index (χ1v) is 10.3. The Kier molecular flexibility index (Phi) is 5.09. The molecule has 2 aromatic carbocycles. The van der Waals surface area contributed by atoms with Crippen LogP contribution >= 0.6 is 0 Å². The summed E-state index contributed by atoms with van der Waals surface area (Å²) < 4.78 is 12.8. The second kappa shape index (κ2) is 8.23. The lowest BCUT2D eigenvalue weighted by molar-refractivity contribution is -0.384. The van der Waals surface area contributed by atoms with Gasteiger partial charge in [0.1, 0.15) is 5.65 Å². The summed E-state index contributed by atoms with van der Waals surface area (Å²) in [5, 5.41) is 11.2. The minimum atomic E-state index is -0.590. The van der Waals surface area contributed by atoms with Gasteiger partial charge in [-0.15, -0.1) is 0 Å². The highest BCUT2D eigenvalue weighted by molar-refractivity contribution is 5.92. The van der Waals surface area contributed by atoms with Gasteiger partial charge in [0, 0.05) is 24.8 Å². The van der Waals surface area contributed by atoms with Crippen molar-refractivity contribution >= 4 is 16.7 Å². The van der Waals surface area contributed by atoms with Crippen molar-refractivity contribution in [2.24, 2.45) is 0 Å². The molecular formula is C23H18N4O6. The predicted octanol–water partition coefficient (Wildman–Crippen LogP) is 2.87. The number of nitro groups is 1. The molecule has 0 saturated carbocycles. The van der Waals surface area contributed by atoms with Crippen LogP contribution in [0.2, 0.25) is 0 Å². The second-order valence-electron chi connectivity index (χ2n) is 7.54. The highest BCUT2D eigenvalue weighted by Gasteiger charge is 2.17. The Labute approximate surface area is 186 Å². The van der Waals surface area contributed by atoms with Crippen molar-refractivity contribution in [1.82, 2.24) is 14.5 Å². The number of pyridine rings is 1. The lowest BCUT2D eigenvalue weighted by atomic mass is 10.0. The number of ether oxygens (including phenoxy) is 2. The zero-order valence-electron chi connectivity index (χ0n) is 17.3. The van der Waals surface area contributed by atoms with E-state index in [2.05, 4.69) is 9.97 Å². The third-order valence-electron chi connectivity index (χ3n) is 5.42. The molecule has 0 unspecified atom stereocenters. The Morgan fingerprint density at radius 3 is 2.55 bits per heavy atom. The summed E-state index contributed by atoms with van der Waals surface area (Å²) in [5.74, 6) is 1.25. The Bertz CT molecular complexity index is 1490. The quantitative estimate of drug-likeness (QED) is 0.377. The number of benzene rings is 2. The maximum Gasteiger partial charge on any atom is 0.330 e. The van der Waals surface area contributed by atoms with E-state index in [-0.39, 0.29) is 23.3 Å². The van der Waals surface area contributed by atoms with Crippen molar-refractivity contribution < 1.29 is 14.4 Å². The fourth-order valence-corrected chi connectivity index (χ4v) is 3.84. The molecule has 33 heavy (non-hydrogen) atoms. The Hall–Kier alpha value is -4.47. The van der Waals surface area contributed by atoms with E-state index in [9.17, 15) is 19.7 Å². The largest absolute Gasteiger partial charge is 0.490 e. The van der Waals surface area contributed by atoms with Crippen LogP contribution in [0.25, 0.3) is 22.2 Å². The van der Waals surface area contributed by atoms with Crippen LogP contribution in [-0.4, -0.2) is 32.7 Å². The van der Waals surface area contributed by atoms with E-state index in [0.29, 0.717) is 35.8 Å². The third kappa shape index (κ3) is 3.82. The number of hydrogen-bond acceptors (Lipinski definition) is 7. The molecule has 0 fully saturated rings. The van der Waals surface area contributed by atoms with Crippen molar-refractivity contribution in [2.45, 2.75) is 13.0 Å². The zero-order valence-corrected chi connectivity index (χ0v) is 17.3. The van der Waals surface area contributed by atoms with E-state index in [0.717, 1.165) is 12.0 Å². The molecule has 0 amide bonds. The van der Waals surface area contributed by atoms with Crippen LogP contribution in [-0.2, 0) is 6.54 Å². The van der Waals surface area contributed by atoms with Crippen molar-refractivity contribution in [3.8, 4) is 22.6 Å². The SMILES string of the molecule is O=c1[nH]c(=O)n(Cc2ccc3c(c2)OCCCO3)c2nccc(-c3ccc([N+](=O)[O-])cc3)c12. The van der Waals surface area contributed by atoms with E-state index in [1.165, 1.54) is 22.9 Å². The number of aromatic amines is 1. The number of nitrogens with one attached hydrogen (secondary N) is 1. The van der Waals surface area contributed by atoms with E-state index in [1.54, 1.807) is 24.3 Å². The van der Waals surface area contributed by atoms with Crippen LogP contribution in [0.3, 0.4) is 0 Å². The highest BCUT2D eigenvalue weighted by atomic mass is 16.6. The molecule has 5 rings (SSSR count). The topological polar surface area (TPSA) is 129 Å². The van der Waals surface area contributed by atoms with Gasteiger partial charge in [-0.25, -0.2) is 9.78 Å². The lowest BCUT2D eigenvalue weighted by Gasteiger charge is -2.13. The van der Waals surface area contributed by atoms with Gasteiger partial charge >= 0.3 is 5.69 Å². The van der Waals surface area contributed by atoms with Gasteiger partial charge in [-0.1, -0.05) is 6.07 Å². The molecule has 0 aliphatic carbocycles. The first-order chi connectivity index (χ1) is 16.0. The molecule has 166 valence electrons. The molecule has 2 aromatic heterocycles. The average molecular weight is 446 g/mol. The first-order valence-electron chi connectivity index (χ1n) is 10.3. The third-order valence-corrected chi connectivity index (χ3v) is 5.42. The van der Waals surface area contributed by atoms with Gasteiger partial charge < -0.3 is 9.47 Å². The number of nitrogens with zero attached hydrogens (tertiary/aromatic N) is 3. The number of non-ortho nitro benzene ring substituents is 1. The van der Waals surface area contributed by atoms with Crippen LogP contribution in [0.4, 0.5) is 5.69 Å². The van der Waals surface area contributed by atoms with Gasteiger partial charge in [-0.05, 0) is 47.0 Å². The van der Waals surface area contributed by atoms with Gasteiger partial charge in [-0.3, -0.25) is 24.5 Å². The van der Waals surface area contributed by atoms with E-state index in [1.807, 2.05) is 12.1 Å². The number of fused-ring (bicyclic) bond motifs is 2. The second-order valence-corrected chi connectivity index (χ2v) is 7.54. The average Bonchev–Trinajstić information content (AvgIpc) is 3.06. The van der Waals surface area contributed by atoms with Crippen LogP contribution in [0, 0.1) is 10.1 Å². The maximum atomic E-state index is 12.7. The van der Waals surface area contributed by atoms with E-state index >= 15 is 0 Å². The minimum absolute atomic E-state index is 0.0580. The highest BCUT2D eigenvalue weighted by Crippen LogP contribution is 2.31. The summed E-state index contributed by atoms with van der Waals surface area (Å²) in [4.78, 5) is 42.6. The van der Waals surface area contributed by atoms with Gasteiger partial charge in [0.05, 0.1) is 30.1 Å². The summed E-state index contributed by atoms with van der Waals surface area (Å²) in [6.45, 7) is 1.27. The van der Waals surface area contributed by atoms with Gasteiger partial charge in [-0.2, -0.15) is 0 Å². The van der Waals surface area contributed by atoms with E-state index in [4.69, 9.17) is 9.47 Å². The van der Waals surface area contributed by atoms with Crippen LogP contribution < -0.4 is 20.7 Å². The number of aromatic nitrogens is 3. The molecule has 4 aromatic rings. The standard InChI is InChI=1S/C23H18N4O6/c28-22-20-17(15-3-5-16(6-4-15)27(30)31)8-9-24-21(20)26(23(29)25-22)13-14-2-7-18-19(12-14)33-11-1-10-32-18/h2-9,12H,1,10-11,13H2,(H,25,28,29). The molecule has 0 atom stereocenters. The summed E-state index contributed by atoms with van der Waals surface area (Å²) >= 11 is 0. The molecule has 0 radical (unpaired) electrons. The molecule has 0 bridgehead atoms. The fraction of sp³-hybridized carbons (Fsp3) is 0.174. The maximum absolute atomic E-state index is 12.7. The zero-order chi connectivity index (χ0) is 22.9. The van der Waals surface area contributed by atoms with Gasteiger partial charge in [0.15, 0.2) is 11.5 Å². The fourth-order valence-electron chi connectivity index (χ4n) is 3.84. The first kappa shape index (κ1) is 20.4. The summed E-state index contributed by atoms with van der Waals surface area (Å²) in [5.41, 5.74) is 0.878. The molecule has 0 saturated heterocycles. The number of H-pyrrole nitrogens is 1. The van der Waals surface area contributed by atoms with Crippen molar-refractivity contribution in [3.63, 3.8) is 0 Å². The summed E-state index contributed by atoms with van der Waals surface area (Å²) in [6, 6.07) is 12.9. The normalized spacial score (nSPS) is 13.0. The van der Waals surface area contributed by atoms with Gasteiger partial charge in [0.25, 0.3) is 11.2 Å². The van der Waals surface area contributed by atoms with Crippen LogP contribution in [0.1, 0.15) is 12.0 Å². The monoisotopic (exact) mass is 446 g/mol. The number of rotatable bonds is 4. The molecule has 3 heterocycles. The van der Waals surface area contributed by atoms with E-state index < -0.39 is 16.2 Å². The van der Waals surface area contributed by atoms with Crippen LogP contribution in [0.5, 0.6) is 11.5 Å². The molecule has 1 aliphatic heterocycles. The lowest BCUT2D eigenvalue weighted by Crippen LogP contribution is -2.31. The van der Waals surface area contributed by atoms with Crippen molar-refractivity contribution in [3.05, 3.63) is 91.2 Å². The molecule has 10 heteroatoms. The Morgan fingerprint density at radius 2 is 1.79 bits per heavy atom. The summed E-state index contributed by atoms with van der Waals surface area (Å²) in [6.07, 6.45) is 2.28. The van der Waals surface area contributed by atoms with Crippen molar-refractivity contribution in [2.75, 3.05) is 13.2 Å². The van der Waals surface area contributed by atoms with Crippen molar-refractivity contribution in [1.29, 1.82) is 0 Å². The van der Waals surface area contributed by atoms with Gasteiger partial charge in [0.2, 0.25) is 0 Å². The Balaban J connectivity index is 1.61. The Morgan fingerprint density at radius 1 is 1.03 bits per heavy atom. The summed E-state index contributed by atoms with van der Waals surface area (Å²) in [7, 11) is 0. The molecule has 0 spiro atoms. The molecular weight excluding hydrogens is 428 g/mol. The number of nitro benzene ring substituents is 1. The molecule has 10 nitrogen and oxygen atoms in total. The molecule has 1 aliphatic rings. The molecule has 1 N–H and O–H groups in total. The predicted molar refractivity (Wildman–Crippen MR) is 120 cm³/mol. The smallest absolute Gasteiger partial charge is 0.330 e. The number of hydrogen-bond donors (Lipinski definition) is 1. The van der Waals surface area contributed by atoms with Crippen LogP contribution in [0.15, 0.2) is 64.3 Å². The minimum Gasteiger partial charge on any atom is -0.490 e.